The van der Waals surface area contributed by atoms with Crippen molar-refractivity contribution in [2.24, 2.45) is 0 Å². The van der Waals surface area contributed by atoms with Gasteiger partial charge in [-0.15, -0.1) is 0 Å². The monoisotopic (exact) mass is 309 g/mol. The summed E-state index contributed by atoms with van der Waals surface area (Å²) in [6.07, 6.45) is 6.49. The second kappa shape index (κ2) is 7.24. The van der Waals surface area contributed by atoms with Gasteiger partial charge in [-0.25, -0.2) is 0 Å². The van der Waals surface area contributed by atoms with Gasteiger partial charge in [0.25, 0.3) is 0 Å². The van der Waals surface area contributed by atoms with Crippen LogP contribution in [0.3, 0.4) is 0 Å². The van der Waals surface area contributed by atoms with Crippen LogP contribution in [0.4, 0.5) is 0 Å². The van der Waals surface area contributed by atoms with E-state index in [0.29, 0.717) is 6.04 Å². The van der Waals surface area contributed by atoms with Gasteiger partial charge in [0.1, 0.15) is 0 Å². The average Bonchev–Trinajstić information content (AvgIpc) is 3.39. The first-order valence-electron chi connectivity index (χ1n) is 8.51. The molecule has 0 bridgehead atoms. The van der Waals surface area contributed by atoms with E-state index < -0.39 is 0 Å². The number of rotatable bonds is 7. The Bertz CT molecular complexity index is 620. The molecule has 0 radical (unpaired) electrons. The Kier molecular flexibility index (Phi) is 5.09. The molecule has 0 aliphatic heterocycles. The Morgan fingerprint density at radius 2 is 1.83 bits per heavy atom. The van der Waals surface area contributed by atoms with Gasteiger partial charge in [-0.05, 0) is 56.6 Å². The van der Waals surface area contributed by atoms with Crippen molar-refractivity contribution in [3.8, 4) is 0 Å². The van der Waals surface area contributed by atoms with Gasteiger partial charge in [0.05, 0.1) is 0 Å². The molecule has 0 N–H and O–H groups in total. The van der Waals surface area contributed by atoms with Crippen LogP contribution >= 0.6 is 0 Å². The molecule has 3 nitrogen and oxygen atoms in total. The minimum atomic E-state index is 0.447. The molecule has 1 aliphatic carbocycles. The molecule has 122 valence electrons. The molecule has 0 saturated heterocycles. The third-order valence-electron chi connectivity index (χ3n) is 4.77. The summed E-state index contributed by atoms with van der Waals surface area (Å²) in [6.45, 7) is 4.27. The zero-order chi connectivity index (χ0) is 16.2. The standard InChI is InChI=1S/C20H27N3/c1-16(22(2)3)19-8-4-6-17(12-19)14-23(20-9-10-20)15-18-7-5-11-21-13-18/h4-8,11-13,16,20H,9-10,14-15H2,1-3H3. The molecule has 1 saturated carbocycles. The Morgan fingerprint density at radius 1 is 1.09 bits per heavy atom. The van der Waals surface area contributed by atoms with Gasteiger partial charge in [-0.1, -0.05) is 30.3 Å². The average molecular weight is 309 g/mol. The molecule has 2 aromatic rings. The number of pyridine rings is 1. The second-order valence-corrected chi connectivity index (χ2v) is 6.88. The van der Waals surface area contributed by atoms with Crippen LogP contribution in [0.5, 0.6) is 0 Å². The van der Waals surface area contributed by atoms with Crippen LogP contribution < -0.4 is 0 Å². The highest BCUT2D eigenvalue weighted by Crippen LogP contribution is 2.30. The molecule has 0 spiro atoms. The van der Waals surface area contributed by atoms with Gasteiger partial charge < -0.3 is 4.90 Å². The van der Waals surface area contributed by atoms with Crippen LogP contribution in [0, 0.1) is 0 Å². The zero-order valence-electron chi connectivity index (χ0n) is 14.4. The highest BCUT2D eigenvalue weighted by atomic mass is 15.2. The maximum atomic E-state index is 4.25. The van der Waals surface area contributed by atoms with E-state index >= 15 is 0 Å². The lowest BCUT2D eigenvalue weighted by molar-refractivity contribution is 0.245. The van der Waals surface area contributed by atoms with Gasteiger partial charge in [0.15, 0.2) is 0 Å². The van der Waals surface area contributed by atoms with E-state index in [2.05, 4.69) is 66.1 Å². The van der Waals surface area contributed by atoms with Gasteiger partial charge in [-0.2, -0.15) is 0 Å². The molecule has 1 fully saturated rings. The first kappa shape index (κ1) is 16.2. The summed E-state index contributed by atoms with van der Waals surface area (Å²) in [7, 11) is 4.27. The molecular formula is C20H27N3. The predicted molar refractivity (Wildman–Crippen MR) is 95.1 cm³/mol. The van der Waals surface area contributed by atoms with Gasteiger partial charge in [0.2, 0.25) is 0 Å². The second-order valence-electron chi connectivity index (χ2n) is 6.88. The van der Waals surface area contributed by atoms with Crippen LogP contribution in [0.2, 0.25) is 0 Å². The quantitative estimate of drug-likeness (QED) is 0.774. The highest BCUT2D eigenvalue weighted by molar-refractivity contribution is 5.26. The van der Waals surface area contributed by atoms with Gasteiger partial charge in [-0.3, -0.25) is 9.88 Å². The molecule has 1 unspecified atom stereocenters. The molecule has 3 heteroatoms. The van der Waals surface area contributed by atoms with E-state index in [1.165, 1.54) is 29.5 Å². The van der Waals surface area contributed by atoms with Crippen molar-refractivity contribution < 1.29 is 0 Å². The van der Waals surface area contributed by atoms with Crippen molar-refractivity contribution in [2.45, 2.75) is 44.9 Å². The fourth-order valence-corrected chi connectivity index (χ4v) is 2.96. The fraction of sp³-hybridized carbons (Fsp3) is 0.450. The van der Waals surface area contributed by atoms with Gasteiger partial charge in [0, 0.05) is 37.6 Å². The third kappa shape index (κ3) is 4.40. The lowest BCUT2D eigenvalue weighted by atomic mass is 10.0. The molecule has 3 rings (SSSR count). The molecule has 1 heterocycles. The maximum Gasteiger partial charge on any atom is 0.0313 e. The minimum Gasteiger partial charge on any atom is -0.303 e. The lowest BCUT2D eigenvalue weighted by Gasteiger charge is -2.24. The van der Waals surface area contributed by atoms with E-state index in [1.54, 1.807) is 0 Å². The molecule has 1 aliphatic rings. The topological polar surface area (TPSA) is 19.4 Å². The summed E-state index contributed by atoms with van der Waals surface area (Å²) in [5, 5.41) is 0. The van der Waals surface area contributed by atoms with Crippen LogP contribution in [0.25, 0.3) is 0 Å². The molecule has 23 heavy (non-hydrogen) atoms. The number of nitrogens with zero attached hydrogens (tertiary/aromatic N) is 3. The summed E-state index contributed by atoms with van der Waals surface area (Å²) >= 11 is 0. The zero-order valence-corrected chi connectivity index (χ0v) is 14.4. The third-order valence-corrected chi connectivity index (χ3v) is 4.77. The molecule has 1 aromatic heterocycles. The molecular weight excluding hydrogens is 282 g/mol. The summed E-state index contributed by atoms with van der Waals surface area (Å²) in [4.78, 5) is 9.10. The van der Waals surface area contributed by atoms with Crippen LogP contribution in [-0.4, -0.2) is 34.9 Å². The fourth-order valence-electron chi connectivity index (χ4n) is 2.96. The summed E-state index contributed by atoms with van der Waals surface area (Å²) in [5.74, 6) is 0. The largest absolute Gasteiger partial charge is 0.303 e. The van der Waals surface area contributed by atoms with E-state index in [1.807, 2.05) is 18.5 Å². The van der Waals surface area contributed by atoms with Crippen molar-refractivity contribution in [3.63, 3.8) is 0 Å². The number of hydrogen-bond donors (Lipinski definition) is 0. The normalized spacial score (nSPS) is 16.0. The van der Waals surface area contributed by atoms with E-state index in [-0.39, 0.29) is 0 Å². The maximum absolute atomic E-state index is 4.25. The summed E-state index contributed by atoms with van der Waals surface area (Å²) in [5.41, 5.74) is 4.11. The Morgan fingerprint density at radius 3 is 2.48 bits per heavy atom. The van der Waals surface area contributed by atoms with Crippen LogP contribution in [0.15, 0.2) is 48.8 Å². The van der Waals surface area contributed by atoms with Crippen LogP contribution in [-0.2, 0) is 13.1 Å². The predicted octanol–water partition coefficient (Wildman–Crippen LogP) is 3.87. The first-order valence-corrected chi connectivity index (χ1v) is 8.51. The summed E-state index contributed by atoms with van der Waals surface area (Å²) in [6, 6.07) is 14.4. The summed E-state index contributed by atoms with van der Waals surface area (Å²) < 4.78 is 0. The van der Waals surface area contributed by atoms with Crippen LogP contribution in [0.1, 0.15) is 42.5 Å². The smallest absolute Gasteiger partial charge is 0.0313 e. The Balaban J connectivity index is 1.72. The van der Waals surface area contributed by atoms with Crippen molar-refractivity contribution in [1.82, 2.24) is 14.8 Å². The number of aromatic nitrogens is 1. The Hall–Kier alpha value is -1.71. The highest BCUT2D eigenvalue weighted by Gasteiger charge is 2.29. The Labute approximate surface area is 140 Å². The SMILES string of the molecule is CC(c1cccc(CN(Cc2cccnc2)C2CC2)c1)N(C)C. The van der Waals surface area contributed by atoms with Crippen molar-refractivity contribution in [3.05, 3.63) is 65.5 Å². The lowest BCUT2D eigenvalue weighted by Crippen LogP contribution is -2.25. The molecule has 0 amide bonds. The van der Waals surface area contributed by atoms with Crippen molar-refractivity contribution >= 4 is 0 Å². The first-order chi connectivity index (χ1) is 11.1. The van der Waals surface area contributed by atoms with E-state index in [9.17, 15) is 0 Å². The molecule has 1 aromatic carbocycles. The van der Waals surface area contributed by atoms with E-state index in [0.717, 1.165) is 19.1 Å². The van der Waals surface area contributed by atoms with E-state index in [4.69, 9.17) is 0 Å². The number of hydrogen-bond acceptors (Lipinski definition) is 3. The van der Waals surface area contributed by atoms with Gasteiger partial charge >= 0.3 is 0 Å². The minimum absolute atomic E-state index is 0.447. The van der Waals surface area contributed by atoms with Crippen molar-refractivity contribution in [2.75, 3.05) is 14.1 Å². The molecule has 1 atom stereocenters. The van der Waals surface area contributed by atoms with Crippen molar-refractivity contribution in [1.29, 1.82) is 0 Å². The number of benzene rings is 1.